The van der Waals surface area contributed by atoms with Gasteiger partial charge < -0.3 is 9.88 Å². The predicted molar refractivity (Wildman–Crippen MR) is 90.1 cm³/mol. The summed E-state index contributed by atoms with van der Waals surface area (Å²) in [5, 5.41) is 0. The van der Waals surface area contributed by atoms with E-state index in [0.717, 1.165) is 37.0 Å². The average molecular weight is 344 g/mol. The van der Waals surface area contributed by atoms with Crippen molar-refractivity contribution in [3.8, 4) is 0 Å². The number of aromatic amines is 1. The lowest BCUT2D eigenvalue weighted by atomic mass is 10.1. The number of piperazine rings is 1. The van der Waals surface area contributed by atoms with Crippen molar-refractivity contribution in [3.05, 3.63) is 48.1 Å². The van der Waals surface area contributed by atoms with Crippen LogP contribution in [0.3, 0.4) is 0 Å². The third-order valence-electron chi connectivity index (χ3n) is 4.66. The van der Waals surface area contributed by atoms with Crippen LogP contribution in [-0.2, 0) is 6.54 Å². The molecule has 3 aromatic rings. The minimum atomic E-state index is -0.550. The largest absolute Gasteiger partial charge is 0.352 e. The molecule has 0 radical (unpaired) electrons. The van der Waals surface area contributed by atoms with E-state index >= 15 is 0 Å². The maximum Gasteiger partial charge on any atom is 0.182 e. The highest BCUT2D eigenvalue weighted by Crippen LogP contribution is 2.24. The Kier molecular flexibility index (Phi) is 4.04. The number of anilines is 1. The molecule has 0 amide bonds. The van der Waals surface area contributed by atoms with Crippen molar-refractivity contribution < 1.29 is 8.78 Å². The van der Waals surface area contributed by atoms with Crippen molar-refractivity contribution >= 4 is 17.0 Å². The van der Waals surface area contributed by atoms with Gasteiger partial charge in [0, 0.05) is 43.9 Å². The standard InChI is InChI=1S/C17H18F2N6/c1-11-7-25(17-15-16(21-9-20-15)22-10-23-17)5-4-24(11)8-12-2-3-13(18)6-14(12)19/h2-3,6,9-11H,4-5,7-8H2,1H3,(H,20,21,22,23). The summed E-state index contributed by atoms with van der Waals surface area (Å²) in [7, 11) is 0. The van der Waals surface area contributed by atoms with Gasteiger partial charge in [0.15, 0.2) is 11.5 Å². The Labute approximate surface area is 143 Å². The van der Waals surface area contributed by atoms with Crippen LogP contribution in [0.15, 0.2) is 30.9 Å². The number of benzene rings is 1. The van der Waals surface area contributed by atoms with Crippen molar-refractivity contribution in [2.45, 2.75) is 19.5 Å². The smallest absolute Gasteiger partial charge is 0.182 e. The molecule has 1 aliphatic rings. The van der Waals surface area contributed by atoms with Crippen LogP contribution >= 0.6 is 0 Å². The van der Waals surface area contributed by atoms with Gasteiger partial charge in [-0.2, -0.15) is 0 Å². The van der Waals surface area contributed by atoms with Gasteiger partial charge in [0.05, 0.1) is 6.33 Å². The summed E-state index contributed by atoms with van der Waals surface area (Å²) in [6.45, 7) is 4.84. The second-order valence-electron chi connectivity index (χ2n) is 6.30. The molecule has 1 aliphatic heterocycles. The number of fused-ring (bicyclic) bond motifs is 1. The van der Waals surface area contributed by atoms with Gasteiger partial charge in [-0.3, -0.25) is 4.90 Å². The number of H-pyrrole nitrogens is 1. The molecule has 4 rings (SSSR count). The van der Waals surface area contributed by atoms with E-state index in [2.05, 4.69) is 36.7 Å². The number of imidazole rings is 1. The molecule has 6 nitrogen and oxygen atoms in total. The van der Waals surface area contributed by atoms with Crippen molar-refractivity contribution in [3.63, 3.8) is 0 Å². The Morgan fingerprint density at radius 3 is 2.88 bits per heavy atom. The Morgan fingerprint density at radius 1 is 1.20 bits per heavy atom. The summed E-state index contributed by atoms with van der Waals surface area (Å²) >= 11 is 0. The van der Waals surface area contributed by atoms with E-state index in [1.807, 2.05) is 0 Å². The second-order valence-corrected chi connectivity index (χ2v) is 6.30. The van der Waals surface area contributed by atoms with Crippen LogP contribution in [0, 0.1) is 11.6 Å². The van der Waals surface area contributed by atoms with Crippen molar-refractivity contribution in [1.29, 1.82) is 0 Å². The zero-order valence-corrected chi connectivity index (χ0v) is 13.8. The first kappa shape index (κ1) is 15.9. The van der Waals surface area contributed by atoms with Crippen LogP contribution < -0.4 is 4.90 Å². The molecule has 130 valence electrons. The molecular weight excluding hydrogens is 326 g/mol. The summed E-state index contributed by atoms with van der Waals surface area (Å²) in [6, 6.07) is 3.95. The van der Waals surface area contributed by atoms with Gasteiger partial charge in [-0.15, -0.1) is 0 Å². The van der Waals surface area contributed by atoms with Crippen LogP contribution in [0.2, 0.25) is 0 Å². The normalized spacial score (nSPS) is 18.8. The maximum absolute atomic E-state index is 13.9. The molecule has 2 aromatic heterocycles. The molecule has 0 saturated carbocycles. The minimum absolute atomic E-state index is 0.200. The van der Waals surface area contributed by atoms with E-state index in [-0.39, 0.29) is 6.04 Å². The fraction of sp³-hybridized carbons (Fsp3) is 0.353. The van der Waals surface area contributed by atoms with Gasteiger partial charge in [-0.25, -0.2) is 23.7 Å². The summed E-state index contributed by atoms with van der Waals surface area (Å²) in [5.74, 6) is -0.210. The number of nitrogens with one attached hydrogen (secondary N) is 1. The first-order valence-electron chi connectivity index (χ1n) is 8.19. The Morgan fingerprint density at radius 2 is 2.08 bits per heavy atom. The molecule has 8 heteroatoms. The molecule has 1 fully saturated rings. The summed E-state index contributed by atoms with van der Waals surface area (Å²) in [4.78, 5) is 20.2. The van der Waals surface area contributed by atoms with Crippen LogP contribution in [0.5, 0.6) is 0 Å². The van der Waals surface area contributed by atoms with E-state index in [9.17, 15) is 8.78 Å². The summed E-state index contributed by atoms with van der Waals surface area (Å²) in [6.07, 6.45) is 3.13. The number of nitrogens with zero attached hydrogens (tertiary/aromatic N) is 5. The highest BCUT2D eigenvalue weighted by Gasteiger charge is 2.26. The van der Waals surface area contributed by atoms with Crippen LogP contribution in [0.4, 0.5) is 14.6 Å². The van der Waals surface area contributed by atoms with Gasteiger partial charge in [0.25, 0.3) is 0 Å². The predicted octanol–water partition coefficient (Wildman–Crippen LogP) is 2.34. The van der Waals surface area contributed by atoms with Gasteiger partial charge in [0.1, 0.15) is 23.5 Å². The number of hydrogen-bond donors (Lipinski definition) is 1. The lowest BCUT2D eigenvalue weighted by Gasteiger charge is -2.40. The number of hydrogen-bond acceptors (Lipinski definition) is 5. The summed E-state index contributed by atoms with van der Waals surface area (Å²) in [5.41, 5.74) is 1.99. The minimum Gasteiger partial charge on any atom is -0.352 e. The Balaban J connectivity index is 1.49. The first-order chi connectivity index (χ1) is 12.1. The highest BCUT2D eigenvalue weighted by atomic mass is 19.1. The monoisotopic (exact) mass is 344 g/mol. The van der Waals surface area contributed by atoms with E-state index < -0.39 is 11.6 Å². The maximum atomic E-state index is 13.9. The average Bonchev–Trinajstić information content (AvgIpc) is 3.07. The first-order valence-corrected chi connectivity index (χ1v) is 8.19. The van der Waals surface area contributed by atoms with Crippen molar-refractivity contribution in [2.24, 2.45) is 0 Å². The fourth-order valence-electron chi connectivity index (χ4n) is 3.28. The van der Waals surface area contributed by atoms with Crippen molar-refractivity contribution in [2.75, 3.05) is 24.5 Å². The molecule has 0 spiro atoms. The van der Waals surface area contributed by atoms with E-state index in [1.54, 1.807) is 6.33 Å². The quantitative estimate of drug-likeness (QED) is 0.790. The van der Waals surface area contributed by atoms with E-state index in [4.69, 9.17) is 0 Å². The lowest BCUT2D eigenvalue weighted by molar-refractivity contribution is 0.178. The molecular formula is C17H18F2N6. The number of rotatable bonds is 3. The molecule has 1 N–H and O–H groups in total. The summed E-state index contributed by atoms with van der Waals surface area (Å²) < 4.78 is 27.0. The van der Waals surface area contributed by atoms with Gasteiger partial charge >= 0.3 is 0 Å². The second kappa shape index (κ2) is 6.36. The fourth-order valence-corrected chi connectivity index (χ4v) is 3.28. The van der Waals surface area contributed by atoms with Crippen LogP contribution in [-0.4, -0.2) is 50.5 Å². The molecule has 1 unspecified atom stereocenters. The third kappa shape index (κ3) is 3.05. The van der Waals surface area contributed by atoms with E-state index in [1.165, 1.54) is 18.5 Å². The molecule has 1 saturated heterocycles. The molecule has 1 aromatic carbocycles. The zero-order chi connectivity index (χ0) is 17.4. The highest BCUT2D eigenvalue weighted by molar-refractivity contribution is 5.82. The molecule has 0 bridgehead atoms. The Hall–Kier alpha value is -2.61. The number of halogens is 2. The van der Waals surface area contributed by atoms with Gasteiger partial charge in [-0.1, -0.05) is 6.07 Å². The van der Waals surface area contributed by atoms with Crippen molar-refractivity contribution in [1.82, 2.24) is 24.8 Å². The lowest BCUT2D eigenvalue weighted by Crippen LogP contribution is -2.51. The van der Waals surface area contributed by atoms with Gasteiger partial charge in [-0.05, 0) is 13.0 Å². The van der Waals surface area contributed by atoms with Crippen LogP contribution in [0.25, 0.3) is 11.2 Å². The molecule has 25 heavy (non-hydrogen) atoms. The topological polar surface area (TPSA) is 60.9 Å². The van der Waals surface area contributed by atoms with Gasteiger partial charge in [0.2, 0.25) is 0 Å². The zero-order valence-electron chi connectivity index (χ0n) is 13.8. The molecule has 1 atom stereocenters. The molecule has 0 aliphatic carbocycles. The third-order valence-corrected chi connectivity index (χ3v) is 4.66. The van der Waals surface area contributed by atoms with Crippen LogP contribution in [0.1, 0.15) is 12.5 Å². The molecule has 3 heterocycles. The SMILES string of the molecule is CC1CN(c2ncnc3nc[nH]c23)CCN1Cc1ccc(F)cc1F. The number of aromatic nitrogens is 4. The van der Waals surface area contributed by atoms with E-state index in [0.29, 0.717) is 17.8 Å². The Bertz CT molecular complexity index is 896.